The third-order valence-electron chi connectivity index (χ3n) is 4.76. The summed E-state index contributed by atoms with van der Waals surface area (Å²) < 4.78 is 34.8. The third-order valence-corrected chi connectivity index (χ3v) is 4.76. The van der Waals surface area contributed by atoms with Crippen LogP contribution >= 0.6 is 0 Å². The first kappa shape index (κ1) is 17.2. The molecule has 3 heteroatoms. The van der Waals surface area contributed by atoms with Crippen LogP contribution in [0.3, 0.4) is 0 Å². The Labute approximate surface area is 156 Å². The fourth-order valence-corrected chi connectivity index (χ4v) is 3.17. The zero-order chi connectivity index (χ0) is 18.8. The molecular formula is C24H18F2O. The maximum absolute atomic E-state index is 14.8. The van der Waals surface area contributed by atoms with E-state index in [4.69, 9.17) is 4.42 Å². The number of furan rings is 1. The highest BCUT2D eigenvalue weighted by Crippen LogP contribution is 2.32. The molecule has 3 aromatic carbocycles. The van der Waals surface area contributed by atoms with Gasteiger partial charge in [-0.25, -0.2) is 8.78 Å². The van der Waals surface area contributed by atoms with Crippen molar-refractivity contribution in [1.82, 2.24) is 0 Å². The van der Waals surface area contributed by atoms with E-state index in [9.17, 15) is 8.78 Å². The molecule has 1 nitrogen and oxygen atoms in total. The molecule has 4 rings (SSSR count). The molecule has 0 unspecified atom stereocenters. The van der Waals surface area contributed by atoms with Crippen LogP contribution in [0.15, 0.2) is 83.5 Å². The monoisotopic (exact) mass is 360 g/mol. The highest BCUT2D eigenvalue weighted by atomic mass is 19.2. The van der Waals surface area contributed by atoms with Gasteiger partial charge >= 0.3 is 0 Å². The minimum atomic E-state index is -0.835. The Hall–Kier alpha value is -3.20. The lowest BCUT2D eigenvalue weighted by Gasteiger charge is -2.10. The summed E-state index contributed by atoms with van der Waals surface area (Å²) in [6.45, 7) is 2.06. The molecule has 0 aliphatic carbocycles. The van der Waals surface area contributed by atoms with E-state index < -0.39 is 11.6 Å². The zero-order valence-corrected chi connectivity index (χ0v) is 14.9. The first-order valence-corrected chi connectivity index (χ1v) is 8.89. The first-order valence-electron chi connectivity index (χ1n) is 8.89. The van der Waals surface area contributed by atoms with Crippen LogP contribution in [-0.4, -0.2) is 0 Å². The Morgan fingerprint density at radius 2 is 1.19 bits per heavy atom. The number of hydrogen-bond acceptors (Lipinski definition) is 1. The molecular weight excluding hydrogens is 342 g/mol. The average molecular weight is 360 g/mol. The van der Waals surface area contributed by atoms with Crippen LogP contribution in [-0.2, 0) is 6.42 Å². The molecule has 0 saturated carbocycles. The highest BCUT2D eigenvalue weighted by Gasteiger charge is 2.16. The van der Waals surface area contributed by atoms with Gasteiger partial charge in [-0.15, -0.1) is 0 Å². The predicted molar refractivity (Wildman–Crippen MR) is 104 cm³/mol. The summed E-state index contributed by atoms with van der Waals surface area (Å²) in [6, 6.07) is 21.7. The van der Waals surface area contributed by atoms with E-state index >= 15 is 0 Å². The second-order valence-corrected chi connectivity index (χ2v) is 6.39. The third kappa shape index (κ3) is 3.28. The molecule has 134 valence electrons. The standard InChI is InChI=1S/C24H18F2O/c1-2-16-5-7-17(8-6-16)20-13-14-21(24(26)23(20)25)18-9-11-19(12-10-18)22-4-3-15-27-22/h3-15H,2H2,1H3. The van der Waals surface area contributed by atoms with E-state index in [2.05, 4.69) is 6.92 Å². The largest absolute Gasteiger partial charge is 0.464 e. The number of benzene rings is 3. The van der Waals surface area contributed by atoms with E-state index in [1.165, 1.54) is 0 Å². The van der Waals surface area contributed by atoms with Crippen molar-refractivity contribution in [2.24, 2.45) is 0 Å². The van der Waals surface area contributed by atoms with Crippen molar-refractivity contribution in [2.75, 3.05) is 0 Å². The Bertz CT molecular complexity index is 1050. The first-order chi connectivity index (χ1) is 13.2. The van der Waals surface area contributed by atoms with E-state index in [0.29, 0.717) is 11.1 Å². The molecule has 1 aromatic heterocycles. The molecule has 0 aliphatic rings. The number of aryl methyl sites for hydroxylation is 1. The number of rotatable bonds is 4. The predicted octanol–water partition coefficient (Wildman–Crippen LogP) is 7.12. The number of hydrogen-bond donors (Lipinski definition) is 0. The van der Waals surface area contributed by atoms with Crippen LogP contribution in [0, 0.1) is 11.6 Å². The summed E-state index contributed by atoms with van der Waals surface area (Å²) in [5.74, 6) is -0.927. The van der Waals surface area contributed by atoms with Gasteiger partial charge in [0.2, 0.25) is 0 Å². The number of halogens is 2. The van der Waals surface area contributed by atoms with Crippen LogP contribution < -0.4 is 0 Å². The fraction of sp³-hybridized carbons (Fsp3) is 0.0833. The molecule has 0 radical (unpaired) electrons. The lowest BCUT2D eigenvalue weighted by atomic mass is 9.97. The maximum Gasteiger partial charge on any atom is 0.167 e. The van der Waals surface area contributed by atoms with Crippen molar-refractivity contribution in [3.05, 3.63) is 96.3 Å². The molecule has 0 bridgehead atoms. The van der Waals surface area contributed by atoms with Crippen molar-refractivity contribution < 1.29 is 13.2 Å². The molecule has 1 heterocycles. The molecule has 0 atom stereocenters. The van der Waals surface area contributed by atoms with Gasteiger partial charge < -0.3 is 4.42 Å². The summed E-state index contributed by atoms with van der Waals surface area (Å²) in [5.41, 5.74) is 3.85. The lowest BCUT2D eigenvalue weighted by Crippen LogP contribution is -1.94. The quantitative estimate of drug-likeness (QED) is 0.377. The van der Waals surface area contributed by atoms with Crippen LogP contribution in [0.4, 0.5) is 8.78 Å². The molecule has 0 fully saturated rings. The van der Waals surface area contributed by atoms with Gasteiger partial charge in [0, 0.05) is 16.7 Å². The Balaban J connectivity index is 1.69. The van der Waals surface area contributed by atoms with Crippen molar-refractivity contribution in [1.29, 1.82) is 0 Å². The van der Waals surface area contributed by atoms with Crippen molar-refractivity contribution in [3.63, 3.8) is 0 Å². The lowest BCUT2D eigenvalue weighted by molar-refractivity contribution is 0.514. The molecule has 4 aromatic rings. The van der Waals surface area contributed by atoms with Gasteiger partial charge in [-0.2, -0.15) is 0 Å². The summed E-state index contributed by atoms with van der Waals surface area (Å²) in [6.07, 6.45) is 2.51. The molecule has 27 heavy (non-hydrogen) atoms. The van der Waals surface area contributed by atoms with Gasteiger partial charge in [0.05, 0.1) is 6.26 Å². The van der Waals surface area contributed by atoms with E-state index in [1.807, 2.05) is 48.5 Å². The summed E-state index contributed by atoms with van der Waals surface area (Å²) >= 11 is 0. The van der Waals surface area contributed by atoms with Gasteiger partial charge in [0.15, 0.2) is 11.6 Å². The minimum Gasteiger partial charge on any atom is -0.464 e. The fourth-order valence-electron chi connectivity index (χ4n) is 3.17. The smallest absolute Gasteiger partial charge is 0.167 e. The molecule has 0 amide bonds. The topological polar surface area (TPSA) is 13.1 Å². The highest BCUT2D eigenvalue weighted by molar-refractivity contribution is 5.73. The van der Waals surface area contributed by atoms with Crippen LogP contribution in [0.25, 0.3) is 33.6 Å². The zero-order valence-electron chi connectivity index (χ0n) is 14.9. The Morgan fingerprint density at radius 1 is 0.667 bits per heavy atom. The molecule has 0 saturated heterocycles. The summed E-state index contributed by atoms with van der Waals surface area (Å²) in [7, 11) is 0. The van der Waals surface area contributed by atoms with Gasteiger partial charge in [-0.1, -0.05) is 67.6 Å². The second kappa shape index (κ2) is 7.20. The van der Waals surface area contributed by atoms with Gasteiger partial charge in [0.1, 0.15) is 5.76 Å². The van der Waals surface area contributed by atoms with E-state index in [-0.39, 0.29) is 11.1 Å². The normalized spacial score (nSPS) is 10.9. The molecule has 0 spiro atoms. The average Bonchev–Trinajstić information content (AvgIpc) is 3.25. The van der Waals surface area contributed by atoms with Crippen molar-refractivity contribution in [3.8, 4) is 33.6 Å². The van der Waals surface area contributed by atoms with Gasteiger partial charge in [-0.3, -0.25) is 0 Å². The summed E-state index contributed by atoms with van der Waals surface area (Å²) in [4.78, 5) is 0. The van der Waals surface area contributed by atoms with Crippen molar-refractivity contribution in [2.45, 2.75) is 13.3 Å². The van der Waals surface area contributed by atoms with Crippen molar-refractivity contribution >= 4 is 0 Å². The van der Waals surface area contributed by atoms with Crippen LogP contribution in [0.2, 0.25) is 0 Å². The van der Waals surface area contributed by atoms with Gasteiger partial charge in [-0.05, 0) is 35.2 Å². The summed E-state index contributed by atoms with van der Waals surface area (Å²) in [5, 5.41) is 0. The molecule has 0 N–H and O–H groups in total. The second-order valence-electron chi connectivity index (χ2n) is 6.39. The maximum atomic E-state index is 14.8. The van der Waals surface area contributed by atoms with E-state index in [1.54, 1.807) is 30.5 Å². The minimum absolute atomic E-state index is 0.243. The van der Waals surface area contributed by atoms with E-state index in [0.717, 1.165) is 23.3 Å². The van der Waals surface area contributed by atoms with Gasteiger partial charge in [0.25, 0.3) is 0 Å². The Morgan fingerprint density at radius 3 is 1.67 bits per heavy atom. The Kier molecular flexibility index (Phi) is 4.59. The van der Waals surface area contributed by atoms with Crippen LogP contribution in [0.1, 0.15) is 12.5 Å². The molecule has 0 aliphatic heterocycles. The SMILES string of the molecule is CCc1ccc(-c2ccc(-c3ccc(-c4ccco4)cc3)c(F)c2F)cc1. The van der Waals surface area contributed by atoms with Crippen LogP contribution in [0.5, 0.6) is 0 Å².